The van der Waals surface area contributed by atoms with Crippen molar-refractivity contribution in [3.63, 3.8) is 0 Å². The first kappa shape index (κ1) is 32.1. The zero-order valence-corrected chi connectivity index (χ0v) is 31.5. The second kappa shape index (κ2) is 12.7. The Balaban J connectivity index is 1.17. The lowest BCUT2D eigenvalue weighted by Crippen LogP contribution is -2.09. The molecule has 1 aliphatic carbocycles. The van der Waals surface area contributed by atoms with Gasteiger partial charge in [0.15, 0.2) is 16.8 Å². The van der Waals surface area contributed by atoms with Crippen molar-refractivity contribution in [2.45, 2.75) is 12.8 Å². The van der Waals surface area contributed by atoms with Crippen molar-refractivity contribution in [1.29, 1.82) is 0 Å². The SMILES string of the molecule is C1=CCCC(c2nc(-c3ccc(-c4ccccc4)cc3)nc(-n3c4ccccc4c4ccc5c6ccccc6n(-c6nc7c(ccc8ccccc87)s6)c5c43)n2)=C1. The summed E-state index contributed by atoms with van der Waals surface area (Å²) >= 11 is 1.72. The summed E-state index contributed by atoms with van der Waals surface area (Å²) in [6.07, 6.45) is 8.26. The quantitative estimate of drug-likeness (QED) is 0.176. The number of hydrogen-bond acceptors (Lipinski definition) is 5. The molecule has 0 aliphatic heterocycles. The molecule has 4 aromatic heterocycles. The van der Waals surface area contributed by atoms with E-state index < -0.39 is 0 Å². The Morgan fingerprint density at radius 3 is 1.86 bits per heavy atom. The Bertz CT molecular complexity index is 3460. The molecule has 0 fully saturated rings. The van der Waals surface area contributed by atoms with E-state index in [1.807, 2.05) is 6.07 Å². The molecule has 0 N–H and O–H groups in total. The van der Waals surface area contributed by atoms with Crippen LogP contribution in [0.25, 0.3) is 104 Å². The van der Waals surface area contributed by atoms with Crippen LogP contribution in [0.1, 0.15) is 18.7 Å². The minimum Gasteiger partial charge on any atom is -0.283 e. The number of rotatable bonds is 5. The minimum absolute atomic E-state index is 0.586. The van der Waals surface area contributed by atoms with Crippen molar-refractivity contribution in [3.05, 3.63) is 176 Å². The molecule has 0 amide bonds. The van der Waals surface area contributed by atoms with Gasteiger partial charge in [-0.2, -0.15) is 9.97 Å². The molecule has 7 heteroatoms. The molecule has 1 aliphatic rings. The predicted octanol–water partition coefficient (Wildman–Crippen LogP) is 12.9. The van der Waals surface area contributed by atoms with Gasteiger partial charge in [-0.05, 0) is 53.1 Å². The van der Waals surface area contributed by atoms with E-state index in [4.69, 9.17) is 19.9 Å². The molecule has 7 aromatic carbocycles. The summed E-state index contributed by atoms with van der Waals surface area (Å²) in [5.74, 6) is 1.92. The van der Waals surface area contributed by atoms with Gasteiger partial charge in [-0.25, -0.2) is 9.97 Å². The van der Waals surface area contributed by atoms with Gasteiger partial charge in [0.2, 0.25) is 5.95 Å². The second-order valence-electron chi connectivity index (χ2n) is 14.6. The summed E-state index contributed by atoms with van der Waals surface area (Å²) in [5.41, 5.74) is 9.63. The maximum atomic E-state index is 5.42. The van der Waals surface area contributed by atoms with Gasteiger partial charge >= 0.3 is 0 Å². The van der Waals surface area contributed by atoms with Crippen LogP contribution in [0.15, 0.2) is 170 Å². The van der Waals surface area contributed by atoms with Gasteiger partial charge in [-0.1, -0.05) is 163 Å². The number of fused-ring (bicyclic) bond motifs is 10. The fourth-order valence-corrected chi connectivity index (χ4v) is 9.62. The standard InChI is InChI=1S/C50H32N6S/c1-3-13-31(14-4-1)32-23-25-35(26-24-32)48-52-47(34-16-5-2-6-17-34)53-49(54-48)55-41-21-11-9-19-37(41)39-28-29-40-38-20-10-12-22-42(38)56(46(40)45(39)55)50-51-44-36-18-8-7-15-33(36)27-30-43(44)57-50/h1-5,7-16,18-30H,6,17H2. The number of nitrogens with zero attached hydrogens (tertiary/aromatic N) is 6. The average molecular weight is 749 g/mol. The van der Waals surface area contributed by atoms with Crippen molar-refractivity contribution >= 4 is 81.5 Å². The van der Waals surface area contributed by atoms with Crippen LogP contribution in [0, 0.1) is 0 Å². The molecule has 0 saturated carbocycles. The Hall–Kier alpha value is -7.22. The van der Waals surface area contributed by atoms with Crippen molar-refractivity contribution in [1.82, 2.24) is 29.1 Å². The molecule has 0 spiro atoms. The normalized spacial score (nSPS) is 13.2. The minimum atomic E-state index is 0.586. The van der Waals surface area contributed by atoms with Gasteiger partial charge in [-0.3, -0.25) is 9.13 Å². The van der Waals surface area contributed by atoms with Gasteiger partial charge < -0.3 is 0 Å². The van der Waals surface area contributed by atoms with Crippen LogP contribution in [0.4, 0.5) is 0 Å². The zero-order valence-electron chi connectivity index (χ0n) is 30.7. The fraction of sp³-hybridized carbons (Fsp3) is 0.0400. The van der Waals surface area contributed by atoms with Crippen molar-refractivity contribution in [3.8, 4) is 33.6 Å². The lowest BCUT2D eigenvalue weighted by atomic mass is 10.0. The lowest BCUT2D eigenvalue weighted by molar-refractivity contribution is 0.913. The van der Waals surface area contributed by atoms with E-state index in [-0.39, 0.29) is 0 Å². The molecular formula is C50H32N6S. The highest BCUT2D eigenvalue weighted by Crippen LogP contribution is 2.43. The molecule has 0 unspecified atom stereocenters. The van der Waals surface area contributed by atoms with E-state index in [1.165, 1.54) is 16.3 Å². The number of para-hydroxylation sites is 2. The van der Waals surface area contributed by atoms with Crippen LogP contribution < -0.4 is 0 Å². The van der Waals surface area contributed by atoms with E-state index in [1.54, 1.807) is 11.3 Å². The number of allylic oxidation sites excluding steroid dienone is 4. The van der Waals surface area contributed by atoms with Crippen LogP contribution in [0.5, 0.6) is 0 Å². The van der Waals surface area contributed by atoms with Gasteiger partial charge in [0.25, 0.3) is 0 Å². The van der Waals surface area contributed by atoms with Gasteiger partial charge in [0.05, 0.1) is 32.3 Å². The highest BCUT2D eigenvalue weighted by molar-refractivity contribution is 7.21. The monoisotopic (exact) mass is 748 g/mol. The van der Waals surface area contributed by atoms with Crippen LogP contribution in [-0.4, -0.2) is 29.1 Å². The summed E-state index contributed by atoms with van der Waals surface area (Å²) in [6.45, 7) is 0. The number of aromatic nitrogens is 6. The molecule has 0 atom stereocenters. The summed E-state index contributed by atoms with van der Waals surface area (Å²) < 4.78 is 5.78. The number of thiazole rings is 1. The van der Waals surface area contributed by atoms with Gasteiger partial charge in [0, 0.05) is 32.5 Å². The Morgan fingerprint density at radius 2 is 1.11 bits per heavy atom. The summed E-state index contributed by atoms with van der Waals surface area (Å²) in [6, 6.07) is 53.7. The predicted molar refractivity (Wildman–Crippen MR) is 236 cm³/mol. The van der Waals surface area contributed by atoms with E-state index in [0.29, 0.717) is 17.6 Å². The maximum absolute atomic E-state index is 5.42. The van der Waals surface area contributed by atoms with Crippen LogP contribution >= 0.6 is 11.3 Å². The van der Waals surface area contributed by atoms with E-state index >= 15 is 0 Å². The maximum Gasteiger partial charge on any atom is 0.238 e. The third kappa shape index (κ3) is 5.02. The van der Waals surface area contributed by atoms with Crippen LogP contribution in [0.2, 0.25) is 0 Å². The molecule has 57 heavy (non-hydrogen) atoms. The molecule has 0 bridgehead atoms. The fourth-order valence-electron chi connectivity index (χ4n) is 8.62. The first-order chi connectivity index (χ1) is 28.3. The molecule has 0 saturated heterocycles. The third-order valence-electron chi connectivity index (χ3n) is 11.3. The van der Waals surface area contributed by atoms with Gasteiger partial charge in [-0.15, -0.1) is 0 Å². The van der Waals surface area contributed by atoms with Crippen molar-refractivity contribution < 1.29 is 0 Å². The van der Waals surface area contributed by atoms with E-state index in [2.05, 4.69) is 173 Å². The highest BCUT2D eigenvalue weighted by atomic mass is 32.1. The number of benzene rings is 7. The van der Waals surface area contributed by atoms with Crippen LogP contribution in [-0.2, 0) is 0 Å². The zero-order chi connectivity index (χ0) is 37.5. The van der Waals surface area contributed by atoms with E-state index in [9.17, 15) is 0 Å². The summed E-state index contributed by atoms with van der Waals surface area (Å²) in [5, 5.41) is 7.85. The first-order valence-electron chi connectivity index (χ1n) is 19.3. The molecule has 6 nitrogen and oxygen atoms in total. The highest BCUT2D eigenvalue weighted by Gasteiger charge is 2.25. The molecule has 4 heterocycles. The van der Waals surface area contributed by atoms with Crippen molar-refractivity contribution in [2.75, 3.05) is 0 Å². The smallest absolute Gasteiger partial charge is 0.238 e. The molecular weight excluding hydrogens is 717 g/mol. The first-order valence-corrected chi connectivity index (χ1v) is 20.1. The largest absolute Gasteiger partial charge is 0.283 e. The van der Waals surface area contributed by atoms with Gasteiger partial charge in [0.1, 0.15) is 0 Å². The Labute approximate surface area is 331 Å². The topological polar surface area (TPSA) is 61.4 Å². The molecule has 268 valence electrons. The average Bonchev–Trinajstić information content (AvgIpc) is 3.97. The van der Waals surface area contributed by atoms with Crippen molar-refractivity contribution in [2.24, 2.45) is 0 Å². The lowest BCUT2D eigenvalue weighted by Gasteiger charge is -2.14. The van der Waals surface area contributed by atoms with E-state index in [0.717, 1.165) is 88.5 Å². The Morgan fingerprint density at radius 1 is 0.474 bits per heavy atom. The summed E-state index contributed by atoms with van der Waals surface area (Å²) in [4.78, 5) is 21.3. The van der Waals surface area contributed by atoms with Crippen LogP contribution in [0.3, 0.4) is 0 Å². The number of hydrogen-bond donors (Lipinski definition) is 0. The summed E-state index contributed by atoms with van der Waals surface area (Å²) in [7, 11) is 0. The molecule has 12 rings (SSSR count). The molecule has 11 aromatic rings. The second-order valence-corrected chi connectivity index (χ2v) is 15.6. The Kier molecular flexibility index (Phi) is 7.12. The molecule has 0 radical (unpaired) electrons. The third-order valence-corrected chi connectivity index (χ3v) is 12.3.